The van der Waals surface area contributed by atoms with Gasteiger partial charge in [0.25, 0.3) is 0 Å². The Morgan fingerprint density at radius 2 is 1.74 bits per heavy atom. The number of rotatable bonds is 8. The van der Waals surface area contributed by atoms with E-state index in [1.54, 1.807) is 13.0 Å². The predicted molar refractivity (Wildman–Crippen MR) is 178 cm³/mol. The van der Waals surface area contributed by atoms with Crippen LogP contribution in [0.25, 0.3) is 6.08 Å². The lowest BCUT2D eigenvalue weighted by molar-refractivity contribution is -0.132. The third-order valence-corrected chi connectivity index (χ3v) is 10.7. The Morgan fingerprint density at radius 3 is 2.39 bits per heavy atom. The van der Waals surface area contributed by atoms with Gasteiger partial charge in [0.2, 0.25) is 0 Å². The smallest absolute Gasteiger partial charge is 0.330 e. The normalized spacial score (nSPS) is 31.2. The average Bonchev–Trinajstić information content (AvgIpc) is 3.12. The van der Waals surface area contributed by atoms with Crippen LogP contribution in [0.1, 0.15) is 103 Å². The molecule has 1 saturated carbocycles. The molecule has 7 rings (SSSR count). The van der Waals surface area contributed by atoms with E-state index in [-0.39, 0.29) is 40.9 Å². The van der Waals surface area contributed by atoms with E-state index in [4.69, 9.17) is 14.2 Å². The van der Waals surface area contributed by atoms with Gasteiger partial charge in [0, 0.05) is 35.0 Å². The first-order valence-corrected chi connectivity index (χ1v) is 16.3. The molecule has 1 aromatic carbocycles. The Bertz CT molecular complexity index is 1720. The molecule has 5 atom stereocenters. The van der Waals surface area contributed by atoms with E-state index >= 15 is 0 Å². The summed E-state index contributed by atoms with van der Waals surface area (Å²) in [5, 5.41) is 21.5. The van der Waals surface area contributed by atoms with Crippen LogP contribution < -0.4 is 9.47 Å². The molecule has 4 unspecified atom stereocenters. The van der Waals surface area contributed by atoms with E-state index in [0.29, 0.717) is 41.0 Å². The molecule has 0 amide bonds. The van der Waals surface area contributed by atoms with Crippen molar-refractivity contribution in [3.63, 3.8) is 0 Å². The SMILES string of the molecule is C=C1C2C=C3C(=O)c4c(O)c5c(c(CC=C(C)C)c4OC34C(C2)C(C)(C)OC14C/C=C(\C)C(=O)O)O[C@](C)(CCC=C(C)C)C=C5. The third-order valence-electron chi connectivity index (χ3n) is 10.7. The molecule has 2 N–H and O–H groups in total. The van der Waals surface area contributed by atoms with Gasteiger partial charge in [0.15, 0.2) is 11.4 Å². The highest BCUT2D eigenvalue weighted by molar-refractivity contribution is 6.17. The van der Waals surface area contributed by atoms with Crippen molar-refractivity contribution >= 4 is 17.8 Å². The van der Waals surface area contributed by atoms with Crippen LogP contribution in [-0.2, 0) is 16.0 Å². The summed E-state index contributed by atoms with van der Waals surface area (Å²) < 4.78 is 21.1. The summed E-state index contributed by atoms with van der Waals surface area (Å²) in [6.07, 6.45) is 14.6. The second-order valence-corrected chi connectivity index (χ2v) is 14.9. The number of phenolic OH excluding ortho intramolecular Hbond substituents is 1. The maximum atomic E-state index is 14.8. The third kappa shape index (κ3) is 4.49. The number of Topliss-reactive ketones (excluding diaryl/α,β-unsaturated/α-hetero) is 1. The minimum Gasteiger partial charge on any atom is -0.506 e. The average molecular weight is 627 g/mol. The van der Waals surface area contributed by atoms with Crippen molar-refractivity contribution in [1.29, 1.82) is 0 Å². The minimum absolute atomic E-state index is 0.136. The number of benzene rings is 1. The molecule has 1 saturated heterocycles. The van der Waals surface area contributed by atoms with Gasteiger partial charge in [-0.05, 0) is 98.8 Å². The predicted octanol–water partition coefficient (Wildman–Crippen LogP) is 8.23. The van der Waals surface area contributed by atoms with Crippen LogP contribution in [0.15, 0.2) is 64.8 Å². The van der Waals surface area contributed by atoms with Crippen LogP contribution in [0.4, 0.5) is 0 Å². The van der Waals surface area contributed by atoms with Gasteiger partial charge in [-0.25, -0.2) is 4.79 Å². The molecule has 46 heavy (non-hydrogen) atoms. The van der Waals surface area contributed by atoms with Gasteiger partial charge in [0.05, 0.1) is 11.2 Å². The van der Waals surface area contributed by atoms with Crippen LogP contribution in [0.5, 0.6) is 17.2 Å². The molecule has 3 aliphatic carbocycles. The van der Waals surface area contributed by atoms with Gasteiger partial charge in [-0.3, -0.25) is 4.79 Å². The van der Waals surface area contributed by atoms with Crippen LogP contribution in [0.2, 0.25) is 0 Å². The topological polar surface area (TPSA) is 102 Å². The number of hydrogen-bond acceptors (Lipinski definition) is 6. The van der Waals surface area contributed by atoms with Crippen LogP contribution in [0.3, 0.4) is 0 Å². The molecule has 1 spiro atoms. The van der Waals surface area contributed by atoms with Crippen molar-refractivity contribution < 1.29 is 34.0 Å². The monoisotopic (exact) mass is 626 g/mol. The molecule has 0 radical (unpaired) electrons. The number of ketones is 1. The van der Waals surface area contributed by atoms with Crippen molar-refractivity contribution in [2.45, 2.75) is 110 Å². The maximum Gasteiger partial charge on any atom is 0.330 e. The molecule has 4 bridgehead atoms. The molecule has 3 aliphatic heterocycles. The maximum absolute atomic E-state index is 14.8. The number of carbonyl (C=O) groups is 2. The van der Waals surface area contributed by atoms with Crippen molar-refractivity contribution in [3.8, 4) is 17.2 Å². The highest BCUT2D eigenvalue weighted by Crippen LogP contribution is 2.71. The molecular formula is C39H46O7. The van der Waals surface area contributed by atoms with Crippen molar-refractivity contribution in [2.75, 3.05) is 0 Å². The molecule has 2 fully saturated rings. The van der Waals surface area contributed by atoms with Crippen LogP contribution >= 0.6 is 0 Å². The molecule has 7 heteroatoms. The Kier molecular flexibility index (Phi) is 7.40. The Morgan fingerprint density at radius 1 is 1.04 bits per heavy atom. The van der Waals surface area contributed by atoms with Crippen molar-refractivity contribution in [1.82, 2.24) is 0 Å². The molecule has 6 aliphatic rings. The number of carboxylic acids is 1. The fraction of sp³-hybridized carbons (Fsp3) is 0.487. The number of aromatic hydroxyl groups is 1. The first kappa shape index (κ1) is 32.1. The van der Waals surface area contributed by atoms with Crippen LogP contribution in [-0.4, -0.2) is 44.4 Å². The summed E-state index contributed by atoms with van der Waals surface area (Å²) in [5.41, 5.74) is 1.27. The van der Waals surface area contributed by atoms with Crippen LogP contribution in [0, 0.1) is 11.8 Å². The minimum atomic E-state index is -1.26. The molecule has 7 nitrogen and oxygen atoms in total. The molecule has 1 aromatic rings. The van der Waals surface area contributed by atoms with Crippen molar-refractivity contribution in [3.05, 3.63) is 81.5 Å². The van der Waals surface area contributed by atoms with Gasteiger partial charge in [0.1, 0.15) is 34.0 Å². The second kappa shape index (κ2) is 10.6. The number of ether oxygens (including phenoxy) is 3. The first-order chi connectivity index (χ1) is 21.5. The summed E-state index contributed by atoms with van der Waals surface area (Å²) in [6.45, 7) is 20.3. The van der Waals surface area contributed by atoms with E-state index in [0.717, 1.165) is 24.0 Å². The number of carbonyl (C=O) groups excluding carboxylic acids is 1. The van der Waals surface area contributed by atoms with E-state index in [9.17, 15) is 19.8 Å². The summed E-state index contributed by atoms with van der Waals surface area (Å²) >= 11 is 0. The number of phenols is 1. The summed E-state index contributed by atoms with van der Waals surface area (Å²) in [4.78, 5) is 26.7. The number of allylic oxidation sites excluding steroid dienone is 5. The number of fused-ring (bicyclic) bond motifs is 2. The number of carboxylic acid groups (broad SMARTS) is 1. The molecule has 244 valence electrons. The van der Waals surface area contributed by atoms with E-state index < -0.39 is 28.4 Å². The zero-order valence-corrected chi connectivity index (χ0v) is 28.3. The highest BCUT2D eigenvalue weighted by Gasteiger charge is 2.79. The molecule has 3 heterocycles. The van der Waals surface area contributed by atoms with Gasteiger partial charge >= 0.3 is 5.97 Å². The van der Waals surface area contributed by atoms with Gasteiger partial charge in [-0.1, -0.05) is 42.0 Å². The lowest BCUT2D eigenvalue weighted by atomic mass is 9.50. The summed E-state index contributed by atoms with van der Waals surface area (Å²) in [6, 6.07) is 0. The van der Waals surface area contributed by atoms with Gasteiger partial charge in [-0.15, -0.1) is 0 Å². The van der Waals surface area contributed by atoms with Gasteiger partial charge < -0.3 is 24.4 Å². The highest BCUT2D eigenvalue weighted by atomic mass is 16.6. The zero-order chi connectivity index (χ0) is 33.6. The molecular weight excluding hydrogens is 580 g/mol. The lowest BCUT2D eigenvalue weighted by Gasteiger charge is -2.58. The van der Waals surface area contributed by atoms with Gasteiger partial charge in [-0.2, -0.15) is 0 Å². The Labute approximate surface area is 272 Å². The fourth-order valence-electron chi connectivity index (χ4n) is 8.33. The summed E-state index contributed by atoms with van der Waals surface area (Å²) in [5.74, 6) is -1.02. The quantitative estimate of drug-likeness (QED) is 0.221. The van der Waals surface area contributed by atoms with Crippen molar-refractivity contribution in [2.24, 2.45) is 11.8 Å². The second-order valence-electron chi connectivity index (χ2n) is 14.9. The number of hydrogen-bond donors (Lipinski definition) is 2. The number of aliphatic carboxylic acids is 1. The Hall–Kier alpha value is -3.84. The fourth-order valence-corrected chi connectivity index (χ4v) is 8.33. The largest absolute Gasteiger partial charge is 0.506 e. The lowest BCUT2D eigenvalue weighted by Crippen LogP contribution is -2.68. The zero-order valence-electron chi connectivity index (χ0n) is 28.3. The first-order valence-electron chi connectivity index (χ1n) is 16.3. The van der Waals surface area contributed by atoms with E-state index in [2.05, 4.69) is 32.6 Å². The summed E-state index contributed by atoms with van der Waals surface area (Å²) in [7, 11) is 0. The standard InChI is InChI=1S/C39H46O7/c1-21(2)11-10-16-37(9)17-15-26-31(40)30-32(41)28-19-25-20-29-36(7,8)46-38(24(25)6,18-14-23(5)35(42)43)39(28,29)45-34(30)27(33(26)44-37)13-12-22(3)4/h11-12,14-15,17,19,25,29,40H,6,10,13,16,18,20H2,1-5,7-9H3,(H,42,43)/b23-14+/t25?,29?,37-,38?,39?/m1/s1. The van der Waals surface area contributed by atoms with E-state index in [1.807, 2.05) is 52.8 Å². The molecule has 0 aromatic heterocycles. The van der Waals surface area contributed by atoms with E-state index in [1.165, 1.54) is 5.57 Å². The Balaban J connectivity index is 1.59.